The van der Waals surface area contributed by atoms with Crippen molar-refractivity contribution < 1.29 is 7.58 Å². The molecule has 2 atom stereocenters. The maximum Gasteiger partial charge on any atom is 0.999 e. The Kier molecular flexibility index (Phi) is 9.49. The molecule has 6 heteroatoms. The van der Waals surface area contributed by atoms with Gasteiger partial charge in [0.05, 0.1) is 23.6 Å². The van der Waals surface area contributed by atoms with Gasteiger partial charge in [-0.05, 0) is 81.3 Å². The highest BCUT2D eigenvalue weighted by Gasteiger charge is 2.37. The van der Waals surface area contributed by atoms with E-state index >= 15 is 0 Å². The summed E-state index contributed by atoms with van der Waals surface area (Å²) >= 11 is -2.80. The van der Waals surface area contributed by atoms with Gasteiger partial charge < -0.3 is 7.58 Å². The Morgan fingerprint density at radius 2 is 0.978 bits per heavy atom. The van der Waals surface area contributed by atoms with Gasteiger partial charge in [-0.1, -0.05) is 115 Å². The zero-order valence-corrected chi connectivity index (χ0v) is 29.8. The molecule has 46 heavy (non-hydrogen) atoms. The van der Waals surface area contributed by atoms with E-state index in [0.29, 0.717) is 0 Å². The van der Waals surface area contributed by atoms with Crippen molar-refractivity contribution in [2.45, 2.75) is 90.1 Å². The quantitative estimate of drug-likeness (QED) is 0.203. The summed E-state index contributed by atoms with van der Waals surface area (Å²) in [6, 6.07) is 30.0. The first-order valence-electron chi connectivity index (χ1n) is 16.5. The average Bonchev–Trinajstić information content (AvgIpc) is 3.04. The topological polar surface area (TPSA) is 43.2 Å². The second kappa shape index (κ2) is 13.4. The number of fused-ring (bicyclic) bond motifs is 3. The number of benzene rings is 4. The summed E-state index contributed by atoms with van der Waals surface area (Å²) < 4.78 is 13.6. The first-order chi connectivity index (χ1) is 22.0. The largest absolute Gasteiger partial charge is 0.999 e. The van der Waals surface area contributed by atoms with Crippen LogP contribution in [0.1, 0.15) is 89.5 Å². The van der Waals surface area contributed by atoms with E-state index < -0.39 is 13.9 Å². The van der Waals surface area contributed by atoms with Crippen LogP contribution >= 0.6 is 10.0 Å². The molecule has 0 unspecified atom stereocenters. The van der Waals surface area contributed by atoms with Crippen molar-refractivity contribution in [2.24, 2.45) is 9.98 Å². The average molecular weight is 647 g/mol. The van der Waals surface area contributed by atoms with Gasteiger partial charge in [0.2, 0.25) is 0 Å². The minimum Gasteiger partial charge on any atom is -0.599 e. The molecule has 0 aromatic heterocycles. The maximum absolute atomic E-state index is 7.19. The van der Waals surface area contributed by atoms with E-state index in [4.69, 9.17) is 27.6 Å². The Balaban J connectivity index is 1.55. The molecule has 0 radical (unpaired) electrons. The molecule has 0 bridgehead atoms. The van der Waals surface area contributed by atoms with Crippen molar-refractivity contribution >= 4 is 36.4 Å². The number of nitrogens with zero attached hydrogens (tertiary/aromatic N) is 2. The number of hydrogen-bond acceptors (Lipinski definition) is 4. The molecule has 1 aliphatic heterocycles. The van der Waals surface area contributed by atoms with Gasteiger partial charge in [-0.3, -0.25) is 9.98 Å². The van der Waals surface area contributed by atoms with Gasteiger partial charge >= 0.3 is 13.9 Å². The van der Waals surface area contributed by atoms with Crippen molar-refractivity contribution in [3.8, 4) is 33.8 Å². The molecule has 0 N–H and O–H groups in total. The normalized spacial score (nSPS) is 18.5. The zero-order chi connectivity index (χ0) is 32.5. The predicted molar refractivity (Wildman–Crippen MR) is 195 cm³/mol. The summed E-state index contributed by atoms with van der Waals surface area (Å²) in [5.41, 5.74) is 8.16. The van der Waals surface area contributed by atoms with Crippen molar-refractivity contribution in [3.63, 3.8) is 0 Å². The van der Waals surface area contributed by atoms with Gasteiger partial charge in [-0.25, -0.2) is 0 Å². The summed E-state index contributed by atoms with van der Waals surface area (Å²) in [5.74, 6) is 1.52. The van der Waals surface area contributed by atoms with Gasteiger partial charge in [0.25, 0.3) is 0 Å². The van der Waals surface area contributed by atoms with E-state index in [1.165, 1.54) is 0 Å². The fourth-order valence-electron chi connectivity index (χ4n) is 6.47. The van der Waals surface area contributed by atoms with Crippen LogP contribution in [0.3, 0.4) is 0 Å². The van der Waals surface area contributed by atoms with Gasteiger partial charge in [-0.15, -0.1) is 0 Å². The van der Waals surface area contributed by atoms with Crippen LogP contribution < -0.4 is 7.58 Å². The first-order valence-corrected chi connectivity index (χ1v) is 19.2. The predicted octanol–water partition coefficient (Wildman–Crippen LogP) is 10.5. The van der Waals surface area contributed by atoms with Crippen LogP contribution in [0.5, 0.6) is 11.5 Å². The second-order valence-electron chi connectivity index (χ2n) is 14.6. The molecule has 0 amide bonds. The highest BCUT2D eigenvalue weighted by Crippen LogP contribution is 2.41. The third-order valence-corrected chi connectivity index (χ3v) is 10.4. The molecule has 0 spiro atoms. The fraction of sp³-hybridized carbons (Fsp3) is 0.350. The zero-order valence-electron chi connectivity index (χ0n) is 27.9. The SMILES string of the molecule is CC(C)(C)c1cc(-c2ccccc2)cc2c1[O][Al]([Cl])[O]c1c(cc(-c3ccccc3)cc1C(C)(C)C)C=N[C@@H]1CCCC[C@H]1N=C2. The summed E-state index contributed by atoms with van der Waals surface area (Å²) in [5, 5.41) is 0. The van der Waals surface area contributed by atoms with Crippen LogP contribution in [-0.4, -0.2) is 38.4 Å². The lowest BCUT2D eigenvalue weighted by atomic mass is 9.83. The maximum atomic E-state index is 7.19. The van der Waals surface area contributed by atoms with E-state index in [1.807, 2.05) is 24.6 Å². The molecule has 1 heterocycles. The van der Waals surface area contributed by atoms with E-state index in [-0.39, 0.29) is 22.9 Å². The lowest BCUT2D eigenvalue weighted by Crippen LogP contribution is -2.28. The van der Waals surface area contributed by atoms with Gasteiger partial charge in [0.15, 0.2) is 0 Å². The van der Waals surface area contributed by atoms with E-state index in [9.17, 15) is 0 Å². The smallest absolute Gasteiger partial charge is 0.599 e. The Hall–Kier alpha value is -3.36. The minimum atomic E-state index is -2.80. The summed E-state index contributed by atoms with van der Waals surface area (Å²) in [6.07, 6.45) is 8.33. The molecule has 1 fully saturated rings. The van der Waals surface area contributed by atoms with Crippen molar-refractivity contribution in [3.05, 3.63) is 107 Å². The number of rotatable bonds is 2. The molecule has 1 aliphatic carbocycles. The molecule has 4 aromatic carbocycles. The standard InChI is InChI=1S/C40H46N2O2.Al.ClH/c1-39(2,3)33-23-29(27-15-9-7-10-16-27)21-31(37(33)43)25-41-35-19-13-14-20-36(35)42-26-32-22-30(28-17-11-8-12-18-28)24-34(38(32)44)40(4,5)6;;/h7-12,15-18,21-26,35-36,43-44H,13-14,19-20H2,1-6H3;;1H/q;+3;/p-3/t35-,36-;;/m1../s1. The second-order valence-corrected chi connectivity index (χ2v) is 16.7. The highest BCUT2D eigenvalue weighted by atomic mass is 35.6. The summed E-state index contributed by atoms with van der Waals surface area (Å²) in [4.78, 5) is 10.4. The van der Waals surface area contributed by atoms with Crippen molar-refractivity contribution in [1.82, 2.24) is 0 Å². The molecule has 1 saturated carbocycles. The summed E-state index contributed by atoms with van der Waals surface area (Å²) in [6.45, 7) is 13.3. The fourth-order valence-corrected chi connectivity index (χ4v) is 7.95. The lowest BCUT2D eigenvalue weighted by molar-refractivity contribution is 0.390. The van der Waals surface area contributed by atoms with E-state index in [0.717, 1.165) is 81.7 Å². The summed E-state index contributed by atoms with van der Waals surface area (Å²) in [7, 11) is 7.19. The van der Waals surface area contributed by atoms with E-state index in [2.05, 4.69) is 114 Å². The molecule has 236 valence electrons. The highest BCUT2D eigenvalue weighted by molar-refractivity contribution is 7.00. The molecular weight excluding hydrogens is 603 g/mol. The van der Waals surface area contributed by atoms with Gasteiger partial charge in [0.1, 0.15) is 0 Å². The van der Waals surface area contributed by atoms with Crippen LogP contribution in [0.2, 0.25) is 0 Å². The van der Waals surface area contributed by atoms with Crippen molar-refractivity contribution in [2.75, 3.05) is 0 Å². The molecular formula is C40H44AlClN2O2. The van der Waals surface area contributed by atoms with Crippen LogP contribution in [0, 0.1) is 0 Å². The van der Waals surface area contributed by atoms with Crippen LogP contribution in [-0.2, 0) is 10.8 Å². The van der Waals surface area contributed by atoms with Crippen LogP contribution in [0.15, 0.2) is 94.9 Å². The van der Waals surface area contributed by atoms with Crippen LogP contribution in [0.25, 0.3) is 22.3 Å². The number of hydrogen-bond donors (Lipinski definition) is 0. The molecule has 2 aliphatic rings. The Morgan fingerprint density at radius 3 is 1.35 bits per heavy atom. The van der Waals surface area contributed by atoms with Crippen LogP contribution in [0.4, 0.5) is 0 Å². The number of aliphatic imine (C=N–C) groups is 2. The third kappa shape index (κ3) is 7.28. The molecule has 4 nitrogen and oxygen atoms in total. The third-order valence-electron chi connectivity index (χ3n) is 8.99. The van der Waals surface area contributed by atoms with Gasteiger partial charge in [-0.2, -0.15) is 10.0 Å². The Morgan fingerprint density at radius 1 is 0.587 bits per heavy atom. The van der Waals surface area contributed by atoms with Crippen molar-refractivity contribution in [1.29, 1.82) is 0 Å². The monoisotopic (exact) mass is 646 g/mol. The Labute approximate surface area is 283 Å². The molecule has 4 aromatic rings. The Bertz CT molecular complexity index is 1610. The minimum absolute atomic E-state index is 0.0878. The first kappa shape index (κ1) is 32.6. The number of halogens is 1. The molecule has 6 rings (SSSR count). The van der Waals surface area contributed by atoms with E-state index in [1.54, 1.807) is 0 Å². The lowest BCUT2D eigenvalue weighted by Gasteiger charge is -2.29. The molecule has 0 saturated heterocycles. The van der Waals surface area contributed by atoms with Gasteiger partial charge in [0, 0.05) is 23.6 Å².